The van der Waals surface area contributed by atoms with Gasteiger partial charge in [-0.1, -0.05) is 24.3 Å². The molecule has 6 heteroatoms. The number of rotatable bonds is 4. The Balaban J connectivity index is 1.99. The van der Waals surface area contributed by atoms with E-state index in [0.29, 0.717) is 0 Å². The van der Waals surface area contributed by atoms with Crippen LogP contribution in [0.3, 0.4) is 0 Å². The first kappa shape index (κ1) is 21.2. The smallest absolute Gasteiger partial charge is 0.410 e. The van der Waals surface area contributed by atoms with Crippen molar-refractivity contribution in [2.75, 3.05) is 13.1 Å². The van der Waals surface area contributed by atoms with Gasteiger partial charge >= 0.3 is 12.1 Å². The molecule has 0 bridgehead atoms. The van der Waals surface area contributed by atoms with E-state index in [1.165, 1.54) is 0 Å². The van der Waals surface area contributed by atoms with E-state index in [2.05, 4.69) is 4.90 Å². The highest BCUT2D eigenvalue weighted by Gasteiger charge is 2.35. The van der Waals surface area contributed by atoms with E-state index in [9.17, 15) is 9.59 Å². The van der Waals surface area contributed by atoms with Gasteiger partial charge < -0.3 is 14.7 Å². The molecule has 1 aliphatic rings. The van der Waals surface area contributed by atoms with E-state index in [0.717, 1.165) is 30.8 Å². The number of hydrogen-bond acceptors (Lipinski definition) is 4. The molecule has 6 nitrogen and oxygen atoms in total. The van der Waals surface area contributed by atoms with E-state index in [4.69, 9.17) is 9.84 Å². The summed E-state index contributed by atoms with van der Waals surface area (Å²) in [6.07, 6.45) is -0.255. The minimum atomic E-state index is -0.816. The third-order valence-corrected chi connectivity index (χ3v) is 4.86. The Hall–Kier alpha value is -2.08. The Kier molecular flexibility index (Phi) is 6.52. The predicted molar refractivity (Wildman–Crippen MR) is 105 cm³/mol. The van der Waals surface area contributed by atoms with Gasteiger partial charge in [0, 0.05) is 31.7 Å². The second-order valence-electron chi connectivity index (χ2n) is 8.58. The highest BCUT2D eigenvalue weighted by atomic mass is 16.6. The summed E-state index contributed by atoms with van der Waals surface area (Å²) in [5.41, 5.74) is 1.45. The zero-order chi connectivity index (χ0) is 20.4. The molecule has 1 aromatic carbocycles. The molecule has 1 unspecified atom stereocenters. The molecule has 1 amide bonds. The number of carboxylic acid groups (broad SMARTS) is 1. The number of benzene rings is 1. The van der Waals surface area contributed by atoms with Gasteiger partial charge in [-0.05, 0) is 52.7 Å². The highest BCUT2D eigenvalue weighted by Crippen LogP contribution is 2.22. The maximum Gasteiger partial charge on any atom is 0.410 e. The summed E-state index contributed by atoms with van der Waals surface area (Å²) in [6.45, 7) is 13.7. The molecule has 0 radical (unpaired) electrons. The summed E-state index contributed by atoms with van der Waals surface area (Å²) in [7, 11) is 0. The second-order valence-corrected chi connectivity index (χ2v) is 8.58. The van der Waals surface area contributed by atoms with Crippen molar-refractivity contribution in [3.63, 3.8) is 0 Å². The fourth-order valence-corrected chi connectivity index (χ4v) is 3.55. The number of aliphatic carboxylic acids is 1. The van der Waals surface area contributed by atoms with Crippen LogP contribution in [0.25, 0.3) is 0 Å². The number of carbonyl (C=O) groups excluding carboxylic acids is 1. The van der Waals surface area contributed by atoms with Crippen molar-refractivity contribution in [3.05, 3.63) is 35.4 Å². The van der Waals surface area contributed by atoms with Crippen molar-refractivity contribution in [1.29, 1.82) is 0 Å². The fraction of sp³-hybridized carbons (Fsp3) is 0.619. The van der Waals surface area contributed by atoms with Gasteiger partial charge in [-0.25, -0.2) is 4.79 Å². The lowest BCUT2D eigenvalue weighted by atomic mass is 9.99. The molecule has 1 aromatic rings. The first-order valence-electron chi connectivity index (χ1n) is 9.53. The van der Waals surface area contributed by atoms with E-state index in [1.54, 1.807) is 6.92 Å². The van der Waals surface area contributed by atoms with Gasteiger partial charge in [0.2, 0.25) is 0 Å². The van der Waals surface area contributed by atoms with Crippen LogP contribution in [0.4, 0.5) is 4.79 Å². The van der Waals surface area contributed by atoms with Crippen molar-refractivity contribution >= 4 is 12.1 Å². The topological polar surface area (TPSA) is 70.1 Å². The van der Waals surface area contributed by atoms with E-state index < -0.39 is 17.5 Å². The van der Waals surface area contributed by atoms with Crippen LogP contribution in [-0.2, 0) is 16.1 Å². The first-order valence-corrected chi connectivity index (χ1v) is 9.53. The zero-order valence-corrected chi connectivity index (χ0v) is 17.2. The van der Waals surface area contributed by atoms with Crippen LogP contribution in [0.15, 0.2) is 24.3 Å². The Labute approximate surface area is 162 Å². The quantitative estimate of drug-likeness (QED) is 0.867. The molecule has 1 heterocycles. The molecule has 0 aromatic heterocycles. The number of carboxylic acids is 1. The van der Waals surface area contributed by atoms with E-state index >= 15 is 0 Å². The highest BCUT2D eigenvalue weighted by molar-refractivity contribution is 5.75. The molecule has 0 saturated carbocycles. The standard InChI is InChI=1S/C21H32N2O4/c1-14-11-22(12-15(2)23(14)20(26)27-21(4,5)6)13-17-7-9-18(10-8-17)16(3)19(24)25/h7-10,14-16H,11-13H2,1-6H3,(H,24,25)/t14-,15+,16?. The minimum Gasteiger partial charge on any atom is -0.481 e. The Bertz CT molecular complexity index is 654. The SMILES string of the molecule is CC(C(=O)O)c1ccc(CN2C[C@@H](C)N(C(=O)OC(C)(C)C)[C@@H](C)C2)cc1. The lowest BCUT2D eigenvalue weighted by Gasteiger charge is -2.44. The molecule has 3 atom stereocenters. The number of nitrogens with zero attached hydrogens (tertiary/aromatic N) is 2. The molecule has 0 spiro atoms. The lowest BCUT2D eigenvalue weighted by Crippen LogP contribution is -2.59. The van der Waals surface area contributed by atoms with Crippen LogP contribution >= 0.6 is 0 Å². The maximum absolute atomic E-state index is 12.5. The fourth-order valence-electron chi connectivity index (χ4n) is 3.55. The largest absolute Gasteiger partial charge is 0.481 e. The molecule has 2 rings (SSSR count). The molecule has 1 saturated heterocycles. The summed E-state index contributed by atoms with van der Waals surface area (Å²) in [4.78, 5) is 27.7. The minimum absolute atomic E-state index is 0.0647. The van der Waals surface area contributed by atoms with Crippen molar-refractivity contribution in [2.45, 2.75) is 71.7 Å². The predicted octanol–water partition coefficient (Wildman–Crippen LogP) is 3.70. The third-order valence-electron chi connectivity index (χ3n) is 4.86. The van der Waals surface area contributed by atoms with Crippen LogP contribution in [-0.4, -0.2) is 57.7 Å². The monoisotopic (exact) mass is 376 g/mol. The summed E-state index contributed by atoms with van der Waals surface area (Å²) in [5.74, 6) is -1.32. The van der Waals surface area contributed by atoms with Gasteiger partial charge in [-0.3, -0.25) is 9.69 Å². The van der Waals surface area contributed by atoms with Crippen molar-refractivity contribution < 1.29 is 19.4 Å². The Morgan fingerprint density at radius 2 is 1.67 bits per heavy atom. The summed E-state index contributed by atoms with van der Waals surface area (Å²) in [5, 5.41) is 9.11. The zero-order valence-electron chi connectivity index (χ0n) is 17.2. The number of hydrogen-bond donors (Lipinski definition) is 1. The van der Waals surface area contributed by atoms with Crippen LogP contribution < -0.4 is 0 Å². The molecular formula is C21H32N2O4. The van der Waals surface area contributed by atoms with Gasteiger partial charge in [0.15, 0.2) is 0 Å². The van der Waals surface area contributed by atoms with Crippen molar-refractivity contribution in [1.82, 2.24) is 9.80 Å². The lowest BCUT2D eigenvalue weighted by molar-refractivity contribution is -0.138. The summed E-state index contributed by atoms with van der Waals surface area (Å²) in [6, 6.07) is 7.88. The molecule has 150 valence electrons. The summed E-state index contributed by atoms with van der Waals surface area (Å²) >= 11 is 0. The second kappa shape index (κ2) is 8.30. The maximum atomic E-state index is 12.5. The van der Waals surface area contributed by atoms with E-state index in [1.807, 2.05) is 63.8 Å². The average Bonchev–Trinajstić information content (AvgIpc) is 2.52. The van der Waals surface area contributed by atoms with Gasteiger partial charge in [-0.15, -0.1) is 0 Å². The Morgan fingerprint density at radius 1 is 1.15 bits per heavy atom. The van der Waals surface area contributed by atoms with Crippen molar-refractivity contribution in [2.24, 2.45) is 0 Å². The third kappa shape index (κ3) is 5.70. The van der Waals surface area contributed by atoms with Gasteiger partial charge in [0.1, 0.15) is 5.60 Å². The normalized spacial score (nSPS) is 22.4. The van der Waals surface area contributed by atoms with E-state index in [-0.39, 0.29) is 18.2 Å². The van der Waals surface area contributed by atoms with Crippen LogP contribution in [0.1, 0.15) is 58.6 Å². The molecular weight excluding hydrogens is 344 g/mol. The molecule has 1 N–H and O–H groups in total. The van der Waals surface area contributed by atoms with Crippen LogP contribution in [0.5, 0.6) is 0 Å². The molecule has 1 aliphatic heterocycles. The van der Waals surface area contributed by atoms with Crippen molar-refractivity contribution in [3.8, 4) is 0 Å². The van der Waals surface area contributed by atoms with Crippen LogP contribution in [0.2, 0.25) is 0 Å². The Morgan fingerprint density at radius 3 is 2.11 bits per heavy atom. The van der Waals surface area contributed by atoms with Gasteiger partial charge in [-0.2, -0.15) is 0 Å². The van der Waals surface area contributed by atoms with Crippen LogP contribution in [0, 0.1) is 0 Å². The average molecular weight is 376 g/mol. The van der Waals surface area contributed by atoms with Gasteiger partial charge in [0.25, 0.3) is 0 Å². The van der Waals surface area contributed by atoms with Gasteiger partial charge in [0.05, 0.1) is 5.92 Å². The molecule has 0 aliphatic carbocycles. The first-order chi connectivity index (χ1) is 12.5. The number of carbonyl (C=O) groups is 2. The molecule has 1 fully saturated rings. The molecule has 27 heavy (non-hydrogen) atoms. The number of ether oxygens (including phenoxy) is 1. The summed E-state index contributed by atoms with van der Waals surface area (Å²) < 4.78 is 5.55. The number of amides is 1. The number of piperazine rings is 1.